The molecule has 0 amide bonds. The van der Waals surface area contributed by atoms with Crippen LogP contribution in [0.1, 0.15) is 43.4 Å². The van der Waals surface area contributed by atoms with Gasteiger partial charge in [0.1, 0.15) is 11.5 Å². The van der Waals surface area contributed by atoms with Crippen molar-refractivity contribution in [3.8, 4) is 0 Å². The van der Waals surface area contributed by atoms with Crippen LogP contribution in [-0.4, -0.2) is 47.2 Å². The monoisotopic (exact) mass is 378 g/mol. The number of aliphatic carboxylic acids is 1. The second-order valence-corrected chi connectivity index (χ2v) is 8.50. The van der Waals surface area contributed by atoms with Crippen molar-refractivity contribution in [2.24, 2.45) is 17.8 Å². The average Bonchev–Trinajstić information content (AvgIpc) is 3.27. The predicted molar refractivity (Wildman–Crippen MR) is 95.2 cm³/mol. The maximum absolute atomic E-state index is 14.4. The van der Waals surface area contributed by atoms with Gasteiger partial charge in [-0.2, -0.15) is 13.8 Å². The quantitative estimate of drug-likeness (QED) is 0.869. The van der Waals surface area contributed by atoms with Crippen molar-refractivity contribution in [2.45, 2.75) is 44.4 Å². The summed E-state index contributed by atoms with van der Waals surface area (Å²) in [5, 5.41) is 9.11. The summed E-state index contributed by atoms with van der Waals surface area (Å²) in [6.07, 6.45) is 3.44. The van der Waals surface area contributed by atoms with Crippen molar-refractivity contribution in [3.05, 3.63) is 11.3 Å². The maximum atomic E-state index is 14.4. The summed E-state index contributed by atoms with van der Waals surface area (Å²) in [6.45, 7) is 3.05. The standard InChI is InChI=1S/C19H24F2N4O2/c20-19(21)4-3-13-16(19)22-18(24-5-1-2-6-24)23-17(13)25-9-11-7-12(10-25)14(11)8-15(26)27/h11-12,14H,1-10H2,(H,26,27)/t11-,12+,14?. The molecule has 1 saturated carbocycles. The molecule has 1 N–H and O–H groups in total. The molecule has 146 valence electrons. The first-order valence-electron chi connectivity index (χ1n) is 9.93. The summed E-state index contributed by atoms with van der Waals surface area (Å²) < 4.78 is 28.9. The highest BCUT2D eigenvalue weighted by molar-refractivity contribution is 5.67. The van der Waals surface area contributed by atoms with Crippen molar-refractivity contribution in [2.75, 3.05) is 36.0 Å². The van der Waals surface area contributed by atoms with Crippen LogP contribution in [0.3, 0.4) is 0 Å². The van der Waals surface area contributed by atoms with Crippen LogP contribution < -0.4 is 9.80 Å². The molecule has 8 heteroatoms. The topological polar surface area (TPSA) is 69.6 Å². The lowest BCUT2D eigenvalue weighted by Gasteiger charge is -2.54. The van der Waals surface area contributed by atoms with Crippen LogP contribution >= 0.6 is 0 Å². The lowest BCUT2D eigenvalue weighted by molar-refractivity contribution is -0.141. The zero-order valence-electron chi connectivity index (χ0n) is 15.2. The second-order valence-electron chi connectivity index (χ2n) is 8.50. The van der Waals surface area contributed by atoms with E-state index < -0.39 is 11.9 Å². The van der Waals surface area contributed by atoms with Crippen LogP contribution in [0.15, 0.2) is 0 Å². The largest absolute Gasteiger partial charge is 0.481 e. The van der Waals surface area contributed by atoms with E-state index in [1.807, 2.05) is 4.90 Å². The lowest BCUT2D eigenvalue weighted by Crippen LogP contribution is -2.56. The zero-order valence-corrected chi connectivity index (χ0v) is 15.2. The molecule has 2 aliphatic carbocycles. The number of alkyl halides is 2. The average molecular weight is 378 g/mol. The number of piperidine rings is 2. The highest BCUT2D eigenvalue weighted by Crippen LogP contribution is 2.50. The molecule has 1 aromatic heterocycles. The molecule has 3 atom stereocenters. The molecule has 6 nitrogen and oxygen atoms in total. The van der Waals surface area contributed by atoms with Crippen LogP contribution in [-0.2, 0) is 17.1 Å². The van der Waals surface area contributed by atoms with Crippen molar-refractivity contribution in [3.63, 3.8) is 0 Å². The summed E-state index contributed by atoms with van der Waals surface area (Å²) in [6, 6.07) is 0. The number of rotatable bonds is 4. The number of carbonyl (C=O) groups is 1. The number of halogens is 2. The van der Waals surface area contributed by atoms with Gasteiger partial charge in [-0.25, -0.2) is 4.98 Å². The molecule has 1 unspecified atom stereocenters. The number of anilines is 2. The summed E-state index contributed by atoms with van der Waals surface area (Å²) in [5.41, 5.74) is 0.509. The van der Waals surface area contributed by atoms with E-state index in [1.54, 1.807) is 0 Å². The summed E-state index contributed by atoms with van der Waals surface area (Å²) in [7, 11) is 0. The van der Waals surface area contributed by atoms with Crippen molar-refractivity contribution >= 4 is 17.7 Å². The molecule has 2 bridgehead atoms. The molecule has 0 aromatic carbocycles. The van der Waals surface area contributed by atoms with Crippen LogP contribution in [0.2, 0.25) is 0 Å². The third kappa shape index (κ3) is 2.75. The number of carboxylic acids is 1. The van der Waals surface area contributed by atoms with Gasteiger partial charge < -0.3 is 14.9 Å². The van der Waals surface area contributed by atoms with E-state index in [4.69, 9.17) is 10.1 Å². The van der Waals surface area contributed by atoms with Crippen LogP contribution in [0.5, 0.6) is 0 Å². The fourth-order valence-electron chi connectivity index (χ4n) is 5.41. The lowest BCUT2D eigenvalue weighted by atomic mass is 9.60. The SMILES string of the molecule is O=C(O)CC1[C@@H]2C[C@H]1CN(c1nc(N3CCCC3)nc3c1CCC3(F)F)C2. The van der Waals surface area contributed by atoms with Gasteiger partial charge in [-0.15, -0.1) is 0 Å². The molecule has 5 aliphatic rings. The molecule has 27 heavy (non-hydrogen) atoms. The Kier molecular flexibility index (Phi) is 3.81. The number of carboxylic acid groups (broad SMARTS) is 1. The molecular formula is C19H24F2N4O2. The minimum Gasteiger partial charge on any atom is -0.481 e. The van der Waals surface area contributed by atoms with Gasteiger partial charge >= 0.3 is 5.97 Å². The molecule has 6 rings (SSSR count). The fourth-order valence-corrected chi connectivity index (χ4v) is 5.41. The molecule has 0 radical (unpaired) electrons. The molecule has 3 aliphatic heterocycles. The van der Waals surface area contributed by atoms with E-state index in [1.165, 1.54) is 0 Å². The van der Waals surface area contributed by atoms with Gasteiger partial charge in [0.15, 0.2) is 0 Å². The normalized spacial score (nSPS) is 31.0. The van der Waals surface area contributed by atoms with Gasteiger partial charge in [0.25, 0.3) is 5.92 Å². The van der Waals surface area contributed by atoms with Gasteiger partial charge in [-0.3, -0.25) is 4.79 Å². The molecule has 4 heterocycles. The van der Waals surface area contributed by atoms with Crippen molar-refractivity contribution in [1.29, 1.82) is 0 Å². The Morgan fingerprint density at radius 1 is 1.15 bits per heavy atom. The van der Waals surface area contributed by atoms with E-state index in [9.17, 15) is 13.6 Å². The number of nitrogens with zero attached hydrogens (tertiary/aromatic N) is 4. The number of hydrogen-bond acceptors (Lipinski definition) is 5. The molecule has 4 fully saturated rings. The Labute approximate surface area is 156 Å². The third-order valence-corrected chi connectivity index (χ3v) is 6.83. The summed E-state index contributed by atoms with van der Waals surface area (Å²) >= 11 is 0. The summed E-state index contributed by atoms with van der Waals surface area (Å²) in [4.78, 5) is 24.2. The Balaban J connectivity index is 1.47. The maximum Gasteiger partial charge on any atom is 0.303 e. The minimum absolute atomic E-state index is 0.0873. The van der Waals surface area contributed by atoms with Crippen LogP contribution in [0.4, 0.5) is 20.5 Å². The van der Waals surface area contributed by atoms with Gasteiger partial charge in [-0.05, 0) is 43.4 Å². The molecule has 0 spiro atoms. The van der Waals surface area contributed by atoms with Gasteiger partial charge in [-0.1, -0.05) is 0 Å². The van der Waals surface area contributed by atoms with Gasteiger partial charge in [0.05, 0.1) is 0 Å². The van der Waals surface area contributed by atoms with Gasteiger partial charge in [0.2, 0.25) is 5.95 Å². The van der Waals surface area contributed by atoms with Crippen molar-refractivity contribution < 1.29 is 18.7 Å². The van der Waals surface area contributed by atoms with E-state index in [0.717, 1.165) is 32.4 Å². The van der Waals surface area contributed by atoms with Crippen LogP contribution in [0, 0.1) is 17.8 Å². The Hall–Kier alpha value is -1.99. The first-order valence-corrected chi connectivity index (χ1v) is 9.93. The highest BCUT2D eigenvalue weighted by Gasteiger charge is 2.50. The third-order valence-electron chi connectivity index (χ3n) is 6.83. The Morgan fingerprint density at radius 2 is 1.85 bits per heavy atom. The predicted octanol–water partition coefficient (Wildman–Crippen LogP) is 2.66. The van der Waals surface area contributed by atoms with E-state index >= 15 is 0 Å². The number of hydrogen-bond donors (Lipinski definition) is 1. The highest BCUT2D eigenvalue weighted by atomic mass is 19.3. The fraction of sp³-hybridized carbons (Fsp3) is 0.737. The molecular weight excluding hydrogens is 354 g/mol. The first kappa shape index (κ1) is 17.1. The van der Waals surface area contributed by atoms with Crippen molar-refractivity contribution in [1.82, 2.24) is 9.97 Å². The number of aromatic nitrogens is 2. The van der Waals surface area contributed by atoms with Crippen LogP contribution in [0.25, 0.3) is 0 Å². The minimum atomic E-state index is -2.88. The smallest absolute Gasteiger partial charge is 0.303 e. The summed E-state index contributed by atoms with van der Waals surface area (Å²) in [5.74, 6) is -1.67. The van der Waals surface area contributed by atoms with Gasteiger partial charge in [0, 0.05) is 44.6 Å². The second kappa shape index (κ2) is 6.01. The molecule has 1 aromatic rings. The Bertz CT molecular complexity index is 769. The molecule has 3 saturated heterocycles. The zero-order chi connectivity index (χ0) is 18.8. The van der Waals surface area contributed by atoms with E-state index in [0.29, 0.717) is 48.7 Å². The van der Waals surface area contributed by atoms with E-state index in [-0.39, 0.29) is 24.5 Å². The number of fused-ring (bicyclic) bond motifs is 3. The first-order chi connectivity index (χ1) is 12.9. The Morgan fingerprint density at radius 3 is 2.52 bits per heavy atom. The van der Waals surface area contributed by atoms with E-state index in [2.05, 4.69) is 9.88 Å².